The van der Waals surface area contributed by atoms with E-state index < -0.39 is 6.10 Å². The van der Waals surface area contributed by atoms with Gasteiger partial charge in [-0.15, -0.1) is 0 Å². The summed E-state index contributed by atoms with van der Waals surface area (Å²) in [7, 11) is 0. The van der Waals surface area contributed by atoms with Crippen molar-refractivity contribution in [1.29, 1.82) is 0 Å². The summed E-state index contributed by atoms with van der Waals surface area (Å²) in [5.74, 6) is 0. The van der Waals surface area contributed by atoms with Crippen molar-refractivity contribution in [2.24, 2.45) is 0 Å². The summed E-state index contributed by atoms with van der Waals surface area (Å²) in [6, 6.07) is 0. The van der Waals surface area contributed by atoms with E-state index in [4.69, 9.17) is 14.9 Å². The molecule has 0 aliphatic carbocycles. The highest BCUT2D eigenvalue weighted by atomic mass is 16.5. The van der Waals surface area contributed by atoms with E-state index in [1.165, 1.54) is 25.7 Å². The first-order valence-electron chi connectivity index (χ1n) is 10.8. The molecule has 156 valence electrons. The molecule has 0 atom stereocenters. The lowest BCUT2D eigenvalue weighted by Gasteiger charge is -2.11. The van der Waals surface area contributed by atoms with Gasteiger partial charge < -0.3 is 14.9 Å². The molecule has 0 aromatic heterocycles. The molecule has 0 aromatic carbocycles. The normalized spacial score (nSPS) is 12.7. The molecular weight excluding hydrogens is 336 g/mol. The Balaban J connectivity index is 3.39. The van der Waals surface area contributed by atoms with E-state index in [9.17, 15) is 0 Å². The Morgan fingerprint density at radius 2 is 1.11 bits per heavy atom. The van der Waals surface area contributed by atoms with E-state index >= 15 is 0 Å². The van der Waals surface area contributed by atoms with Gasteiger partial charge in [0, 0.05) is 6.61 Å². The minimum absolute atomic E-state index is 0.112. The van der Waals surface area contributed by atoms with Crippen LogP contribution in [0.25, 0.3) is 0 Å². The van der Waals surface area contributed by atoms with Crippen LogP contribution in [0, 0.1) is 0 Å². The van der Waals surface area contributed by atoms with Gasteiger partial charge in [0.2, 0.25) is 0 Å². The second-order valence-corrected chi connectivity index (χ2v) is 6.80. The predicted molar refractivity (Wildman–Crippen MR) is 117 cm³/mol. The molecule has 0 saturated heterocycles. The number of unbranched alkanes of at least 4 members (excludes halogenated alkanes) is 6. The Kier molecular flexibility index (Phi) is 21.9. The quantitative estimate of drug-likeness (QED) is 0.217. The van der Waals surface area contributed by atoms with E-state index in [1.807, 2.05) is 0 Å². The van der Waals surface area contributed by atoms with Crippen LogP contribution in [0.15, 0.2) is 48.6 Å². The molecule has 0 rings (SSSR count). The zero-order valence-corrected chi connectivity index (χ0v) is 17.4. The van der Waals surface area contributed by atoms with Gasteiger partial charge in [0.15, 0.2) is 0 Å². The van der Waals surface area contributed by atoms with Crippen LogP contribution in [-0.4, -0.2) is 36.1 Å². The molecule has 2 N–H and O–H groups in total. The predicted octanol–water partition coefficient (Wildman–Crippen LogP) is 5.89. The summed E-state index contributed by atoms with van der Waals surface area (Å²) in [4.78, 5) is 0. The Hall–Kier alpha value is -1.16. The van der Waals surface area contributed by atoms with Crippen molar-refractivity contribution < 1.29 is 14.9 Å². The highest BCUT2D eigenvalue weighted by molar-refractivity contribution is 4.99. The molecule has 3 heteroatoms. The average Bonchev–Trinajstić information content (AvgIpc) is 2.69. The standard InChI is InChI=1S/C24H42O3/c1-2-3-4-5-6-7-8-9-10-11-12-13-14-15-16-17-18-19-20-21-27-24(22-25)23-26/h6-7,9-10,12-13,15-16,24-26H,2-5,8,11,14,17-23H2,1H3/b7-6+,10-9+,13-12-,16-15+. The molecule has 3 nitrogen and oxygen atoms in total. The van der Waals surface area contributed by atoms with E-state index in [-0.39, 0.29) is 13.2 Å². The van der Waals surface area contributed by atoms with Crippen LogP contribution in [0.2, 0.25) is 0 Å². The Labute approximate surface area is 167 Å². The molecule has 0 aliphatic heterocycles. The van der Waals surface area contributed by atoms with Gasteiger partial charge >= 0.3 is 0 Å². The third kappa shape index (κ3) is 21.0. The summed E-state index contributed by atoms with van der Waals surface area (Å²) >= 11 is 0. The highest BCUT2D eigenvalue weighted by Gasteiger charge is 2.04. The monoisotopic (exact) mass is 378 g/mol. The van der Waals surface area contributed by atoms with Crippen molar-refractivity contribution in [3.63, 3.8) is 0 Å². The van der Waals surface area contributed by atoms with E-state index in [2.05, 4.69) is 55.5 Å². The fourth-order valence-electron chi connectivity index (χ4n) is 2.52. The highest BCUT2D eigenvalue weighted by Crippen LogP contribution is 2.04. The molecule has 0 bridgehead atoms. The maximum atomic E-state index is 8.88. The fraction of sp³-hybridized carbons (Fsp3) is 0.667. The smallest absolute Gasteiger partial charge is 0.104 e. The van der Waals surface area contributed by atoms with Gasteiger partial charge in [0.25, 0.3) is 0 Å². The summed E-state index contributed by atoms with van der Waals surface area (Å²) in [5, 5.41) is 17.8. The van der Waals surface area contributed by atoms with Crippen LogP contribution in [0.5, 0.6) is 0 Å². The molecule has 0 aliphatic rings. The maximum Gasteiger partial charge on any atom is 0.104 e. The number of aliphatic hydroxyl groups is 2. The molecule has 0 radical (unpaired) electrons. The molecule has 0 amide bonds. The second kappa shape index (κ2) is 22.9. The van der Waals surface area contributed by atoms with Crippen LogP contribution in [0.1, 0.15) is 77.6 Å². The van der Waals surface area contributed by atoms with Gasteiger partial charge in [0.1, 0.15) is 6.10 Å². The third-order valence-electron chi connectivity index (χ3n) is 4.23. The topological polar surface area (TPSA) is 49.7 Å². The lowest BCUT2D eigenvalue weighted by molar-refractivity contribution is -0.0208. The molecule has 0 fully saturated rings. The number of hydrogen-bond acceptors (Lipinski definition) is 3. The van der Waals surface area contributed by atoms with E-state index in [0.717, 1.165) is 44.9 Å². The first-order valence-corrected chi connectivity index (χ1v) is 10.8. The number of rotatable bonds is 19. The Morgan fingerprint density at radius 1 is 0.630 bits per heavy atom. The molecule has 0 heterocycles. The number of ether oxygens (including phenoxy) is 1. The van der Waals surface area contributed by atoms with Crippen LogP contribution in [0.4, 0.5) is 0 Å². The lowest BCUT2D eigenvalue weighted by atomic mass is 10.2. The van der Waals surface area contributed by atoms with Crippen LogP contribution < -0.4 is 0 Å². The third-order valence-corrected chi connectivity index (χ3v) is 4.23. The first kappa shape index (κ1) is 25.8. The largest absolute Gasteiger partial charge is 0.394 e. The van der Waals surface area contributed by atoms with Gasteiger partial charge in [-0.2, -0.15) is 0 Å². The number of aliphatic hydroxyl groups excluding tert-OH is 2. The molecular formula is C24H42O3. The van der Waals surface area contributed by atoms with Crippen molar-refractivity contribution in [3.8, 4) is 0 Å². The SMILES string of the molecule is CCCCC/C=C/C/C=C/C/C=C\C/C=C/CCCCCOC(CO)CO. The minimum Gasteiger partial charge on any atom is -0.394 e. The maximum absolute atomic E-state index is 8.88. The first-order chi connectivity index (χ1) is 13.3. The van der Waals surface area contributed by atoms with E-state index in [1.54, 1.807) is 0 Å². The van der Waals surface area contributed by atoms with Crippen LogP contribution >= 0.6 is 0 Å². The van der Waals surface area contributed by atoms with Crippen molar-refractivity contribution in [3.05, 3.63) is 48.6 Å². The van der Waals surface area contributed by atoms with Crippen molar-refractivity contribution in [2.75, 3.05) is 19.8 Å². The molecule has 0 saturated carbocycles. The van der Waals surface area contributed by atoms with Crippen LogP contribution in [-0.2, 0) is 4.74 Å². The van der Waals surface area contributed by atoms with Crippen molar-refractivity contribution in [2.45, 2.75) is 83.7 Å². The van der Waals surface area contributed by atoms with Crippen molar-refractivity contribution in [1.82, 2.24) is 0 Å². The summed E-state index contributed by atoms with van der Waals surface area (Å²) in [5.41, 5.74) is 0. The van der Waals surface area contributed by atoms with Gasteiger partial charge in [-0.3, -0.25) is 0 Å². The molecule has 0 aromatic rings. The van der Waals surface area contributed by atoms with E-state index in [0.29, 0.717) is 6.61 Å². The Morgan fingerprint density at radius 3 is 1.59 bits per heavy atom. The number of hydrogen-bond donors (Lipinski definition) is 2. The fourth-order valence-corrected chi connectivity index (χ4v) is 2.52. The summed E-state index contributed by atoms with van der Waals surface area (Å²) < 4.78 is 5.34. The zero-order chi connectivity index (χ0) is 19.8. The lowest BCUT2D eigenvalue weighted by Crippen LogP contribution is -2.22. The number of allylic oxidation sites excluding steroid dienone is 8. The molecule has 0 spiro atoms. The van der Waals surface area contributed by atoms with Gasteiger partial charge in [-0.05, 0) is 51.4 Å². The minimum atomic E-state index is -0.418. The van der Waals surface area contributed by atoms with Crippen molar-refractivity contribution >= 4 is 0 Å². The molecule has 27 heavy (non-hydrogen) atoms. The second-order valence-electron chi connectivity index (χ2n) is 6.80. The van der Waals surface area contributed by atoms with Gasteiger partial charge in [-0.25, -0.2) is 0 Å². The Bertz CT molecular complexity index is 392. The average molecular weight is 379 g/mol. The summed E-state index contributed by atoms with van der Waals surface area (Å²) in [6.45, 7) is 2.63. The van der Waals surface area contributed by atoms with Gasteiger partial charge in [0.05, 0.1) is 13.2 Å². The van der Waals surface area contributed by atoms with Crippen LogP contribution in [0.3, 0.4) is 0 Å². The zero-order valence-electron chi connectivity index (χ0n) is 17.4. The van der Waals surface area contributed by atoms with Gasteiger partial charge in [-0.1, -0.05) is 74.8 Å². The summed E-state index contributed by atoms with van der Waals surface area (Å²) in [6.07, 6.45) is 30.1. The molecule has 0 unspecified atom stereocenters.